The van der Waals surface area contributed by atoms with E-state index in [2.05, 4.69) is 22.3 Å². The fraction of sp³-hybridized carbons (Fsp3) is 0.630. The van der Waals surface area contributed by atoms with E-state index in [4.69, 9.17) is 0 Å². The van der Waals surface area contributed by atoms with Gasteiger partial charge in [-0.3, -0.25) is 24.5 Å². The predicted molar refractivity (Wildman–Crippen MR) is 142 cm³/mol. The Bertz CT molecular complexity index is 1040. The maximum atomic E-state index is 13.1. The standard InChI is InChI=1S/C27H41N3O6S/c1-5-6-7-8-9-13-16-37(35,36)30-21(20-14-11-10-12-15-20)17-22(31)28-24(18(2)3)25(32)23-19(4)26(33)29-27(23)34/h10-12,14-15,18-19,21,23-24,30H,5-9,13,16-17H2,1-4H3,(H,28,31)(H,29,33,34)/t19-,21-,23+,24-/m0/s1. The zero-order chi connectivity index (χ0) is 27.6. The predicted octanol–water partition coefficient (Wildman–Crippen LogP) is 3.02. The summed E-state index contributed by atoms with van der Waals surface area (Å²) in [7, 11) is -3.65. The van der Waals surface area contributed by atoms with E-state index >= 15 is 0 Å². The van der Waals surface area contributed by atoms with Gasteiger partial charge in [-0.15, -0.1) is 0 Å². The van der Waals surface area contributed by atoms with Crippen LogP contribution in [-0.4, -0.2) is 43.7 Å². The van der Waals surface area contributed by atoms with E-state index in [1.165, 1.54) is 6.92 Å². The minimum Gasteiger partial charge on any atom is -0.346 e. The molecule has 37 heavy (non-hydrogen) atoms. The van der Waals surface area contributed by atoms with Crippen molar-refractivity contribution in [1.82, 2.24) is 15.4 Å². The average Bonchev–Trinajstić information content (AvgIpc) is 3.10. The van der Waals surface area contributed by atoms with Crippen LogP contribution in [0.2, 0.25) is 0 Å². The Balaban J connectivity index is 2.09. The van der Waals surface area contributed by atoms with Gasteiger partial charge in [0.05, 0.1) is 23.8 Å². The SMILES string of the molecule is CCCCCCCCS(=O)(=O)N[C@@H](CC(=O)N[C@H](C(=O)[C@@H]1C(=O)NC(=O)[C@H]1C)C(C)C)c1ccccc1. The van der Waals surface area contributed by atoms with Crippen LogP contribution in [-0.2, 0) is 29.2 Å². The van der Waals surface area contributed by atoms with Gasteiger partial charge in [-0.05, 0) is 17.9 Å². The molecule has 10 heteroatoms. The molecular formula is C27H41N3O6S. The topological polar surface area (TPSA) is 139 Å². The monoisotopic (exact) mass is 535 g/mol. The summed E-state index contributed by atoms with van der Waals surface area (Å²) in [5, 5.41) is 4.86. The van der Waals surface area contributed by atoms with Gasteiger partial charge in [-0.2, -0.15) is 0 Å². The molecule has 1 fully saturated rings. The van der Waals surface area contributed by atoms with E-state index in [0.29, 0.717) is 12.0 Å². The number of unbranched alkanes of at least 4 members (excludes halogenated alkanes) is 5. The minimum atomic E-state index is -3.65. The van der Waals surface area contributed by atoms with Crippen molar-refractivity contribution in [2.45, 2.75) is 84.7 Å². The largest absolute Gasteiger partial charge is 0.346 e. The van der Waals surface area contributed by atoms with Crippen molar-refractivity contribution in [2.24, 2.45) is 17.8 Å². The Labute approximate surface area is 220 Å². The number of hydrogen-bond acceptors (Lipinski definition) is 6. The number of benzene rings is 1. The smallest absolute Gasteiger partial charge is 0.238 e. The Hall–Kier alpha value is -2.59. The molecular weight excluding hydrogens is 494 g/mol. The number of carbonyl (C=O) groups excluding carboxylic acids is 4. The molecule has 0 aliphatic carbocycles. The fourth-order valence-electron chi connectivity index (χ4n) is 4.51. The van der Waals surface area contributed by atoms with Gasteiger partial charge in [0.2, 0.25) is 27.7 Å². The summed E-state index contributed by atoms with van der Waals surface area (Å²) < 4.78 is 28.3. The van der Waals surface area contributed by atoms with Crippen LogP contribution in [0.15, 0.2) is 30.3 Å². The van der Waals surface area contributed by atoms with E-state index in [-0.39, 0.29) is 18.1 Å². The maximum Gasteiger partial charge on any atom is 0.238 e. The summed E-state index contributed by atoms with van der Waals surface area (Å²) in [5.74, 6) is -4.58. The first-order chi connectivity index (χ1) is 17.5. The molecule has 3 N–H and O–H groups in total. The number of ketones is 1. The number of amides is 3. The van der Waals surface area contributed by atoms with Crippen molar-refractivity contribution in [3.63, 3.8) is 0 Å². The van der Waals surface area contributed by atoms with Crippen molar-refractivity contribution >= 4 is 33.5 Å². The second-order valence-corrected chi connectivity index (χ2v) is 12.1. The number of Topliss-reactive ketones (excluding diaryl/α,β-unsaturated/α-hetero) is 1. The van der Waals surface area contributed by atoms with Gasteiger partial charge in [-0.25, -0.2) is 13.1 Å². The van der Waals surface area contributed by atoms with Crippen molar-refractivity contribution in [1.29, 1.82) is 0 Å². The van der Waals surface area contributed by atoms with E-state index in [1.807, 2.05) is 0 Å². The third kappa shape index (κ3) is 9.34. The van der Waals surface area contributed by atoms with E-state index in [9.17, 15) is 27.6 Å². The van der Waals surface area contributed by atoms with E-state index in [1.54, 1.807) is 44.2 Å². The molecule has 2 rings (SSSR count). The molecule has 1 aliphatic rings. The molecule has 0 radical (unpaired) electrons. The highest BCUT2D eigenvalue weighted by Gasteiger charge is 2.46. The molecule has 0 unspecified atom stereocenters. The number of nitrogens with one attached hydrogen (secondary N) is 3. The van der Waals surface area contributed by atoms with Crippen LogP contribution in [0.3, 0.4) is 0 Å². The Morgan fingerprint density at radius 3 is 2.16 bits per heavy atom. The van der Waals surface area contributed by atoms with Gasteiger partial charge in [-0.1, -0.05) is 90.1 Å². The molecule has 1 aromatic carbocycles. The highest BCUT2D eigenvalue weighted by Crippen LogP contribution is 2.24. The van der Waals surface area contributed by atoms with Crippen LogP contribution in [0.5, 0.6) is 0 Å². The van der Waals surface area contributed by atoms with Crippen LogP contribution >= 0.6 is 0 Å². The fourth-order valence-corrected chi connectivity index (χ4v) is 5.86. The first-order valence-electron chi connectivity index (χ1n) is 13.2. The second-order valence-electron chi connectivity index (χ2n) is 10.2. The molecule has 9 nitrogen and oxygen atoms in total. The molecule has 206 valence electrons. The van der Waals surface area contributed by atoms with Gasteiger partial charge in [0.15, 0.2) is 5.78 Å². The summed E-state index contributed by atoms with van der Waals surface area (Å²) >= 11 is 0. The lowest BCUT2D eigenvalue weighted by atomic mass is 9.85. The number of carbonyl (C=O) groups is 4. The Morgan fingerprint density at radius 1 is 0.973 bits per heavy atom. The number of sulfonamides is 1. The molecule has 1 aromatic rings. The lowest BCUT2D eigenvalue weighted by Gasteiger charge is -2.26. The number of imide groups is 1. The maximum absolute atomic E-state index is 13.1. The molecule has 0 saturated carbocycles. The minimum absolute atomic E-state index is 0.0279. The summed E-state index contributed by atoms with van der Waals surface area (Å²) in [6, 6.07) is 7.00. The Kier molecular flexibility index (Phi) is 11.9. The molecule has 0 spiro atoms. The molecule has 1 aliphatic heterocycles. The van der Waals surface area contributed by atoms with Crippen molar-refractivity contribution in [2.75, 3.05) is 5.75 Å². The Morgan fingerprint density at radius 2 is 1.59 bits per heavy atom. The first kappa shape index (κ1) is 30.6. The lowest BCUT2D eigenvalue weighted by Crippen LogP contribution is -2.49. The molecule has 0 aromatic heterocycles. The van der Waals surface area contributed by atoms with E-state index < -0.39 is 57.4 Å². The third-order valence-electron chi connectivity index (χ3n) is 6.72. The summed E-state index contributed by atoms with van der Waals surface area (Å²) in [6.07, 6.45) is 5.47. The van der Waals surface area contributed by atoms with Gasteiger partial charge >= 0.3 is 0 Å². The number of hydrogen-bond donors (Lipinski definition) is 3. The van der Waals surface area contributed by atoms with Crippen LogP contribution in [0.25, 0.3) is 0 Å². The van der Waals surface area contributed by atoms with Crippen molar-refractivity contribution in [3.8, 4) is 0 Å². The van der Waals surface area contributed by atoms with Gasteiger partial charge in [0, 0.05) is 6.42 Å². The van der Waals surface area contributed by atoms with Crippen molar-refractivity contribution < 1.29 is 27.6 Å². The van der Waals surface area contributed by atoms with Crippen LogP contribution < -0.4 is 15.4 Å². The lowest BCUT2D eigenvalue weighted by molar-refractivity contribution is -0.137. The summed E-state index contributed by atoms with van der Waals surface area (Å²) in [5.41, 5.74) is 0.631. The summed E-state index contributed by atoms with van der Waals surface area (Å²) in [6.45, 7) is 7.10. The zero-order valence-corrected chi connectivity index (χ0v) is 23.1. The number of rotatable bonds is 16. The van der Waals surface area contributed by atoms with Crippen LogP contribution in [0.1, 0.15) is 84.2 Å². The van der Waals surface area contributed by atoms with Gasteiger partial charge < -0.3 is 5.32 Å². The quantitative estimate of drug-likeness (QED) is 0.169. The molecule has 4 atom stereocenters. The van der Waals surface area contributed by atoms with Crippen LogP contribution in [0, 0.1) is 17.8 Å². The normalized spacial score (nSPS) is 19.5. The third-order valence-corrected chi connectivity index (χ3v) is 8.19. The summed E-state index contributed by atoms with van der Waals surface area (Å²) in [4.78, 5) is 50.3. The highest BCUT2D eigenvalue weighted by molar-refractivity contribution is 7.89. The highest BCUT2D eigenvalue weighted by atomic mass is 32.2. The van der Waals surface area contributed by atoms with Crippen molar-refractivity contribution in [3.05, 3.63) is 35.9 Å². The van der Waals surface area contributed by atoms with Crippen LogP contribution in [0.4, 0.5) is 0 Å². The molecule has 3 amide bonds. The second kappa shape index (κ2) is 14.4. The van der Waals surface area contributed by atoms with E-state index in [0.717, 1.165) is 32.1 Å². The molecule has 1 heterocycles. The first-order valence-corrected chi connectivity index (χ1v) is 14.8. The van der Waals surface area contributed by atoms with Gasteiger partial charge in [0.1, 0.15) is 5.92 Å². The molecule has 0 bridgehead atoms. The zero-order valence-electron chi connectivity index (χ0n) is 22.3. The molecule has 1 saturated heterocycles. The average molecular weight is 536 g/mol. The van der Waals surface area contributed by atoms with Gasteiger partial charge in [0.25, 0.3) is 0 Å².